The maximum atomic E-state index is 6.63. The lowest BCUT2D eigenvalue weighted by molar-refractivity contribution is 0.672. The summed E-state index contributed by atoms with van der Waals surface area (Å²) in [6.45, 7) is 0. The fourth-order valence-electron chi connectivity index (χ4n) is 6.83. The molecule has 1 heterocycles. The average molecular weight is 588 g/mol. The second-order valence-corrected chi connectivity index (χ2v) is 11.7. The van der Waals surface area contributed by atoms with E-state index >= 15 is 0 Å². The SMILES string of the molecule is c1ccc(-c2ccccc2N(c2ccc(-c3ccc4ccccc4c3)cc2)c2cc3ccccc3c3oc4ccccc4c23)cc1. The van der Waals surface area contributed by atoms with Gasteiger partial charge < -0.3 is 9.32 Å². The molecule has 0 N–H and O–H groups in total. The van der Waals surface area contributed by atoms with E-state index in [1.807, 2.05) is 6.07 Å². The summed E-state index contributed by atoms with van der Waals surface area (Å²) in [7, 11) is 0. The normalized spacial score (nSPS) is 11.5. The van der Waals surface area contributed by atoms with Crippen LogP contribution in [0.15, 0.2) is 180 Å². The standard InChI is InChI=1S/C44H29NO/c1-2-13-32(14-3-1)37-17-8-10-20-40(37)45(36-26-24-31(25-27-36)34-23-22-30-12-4-5-15-33(30)28-34)41-29-35-16-6-7-18-38(35)44-43(41)39-19-9-11-21-42(39)46-44/h1-29H. The van der Waals surface area contributed by atoms with Crippen molar-refractivity contribution in [3.8, 4) is 22.3 Å². The molecular weight excluding hydrogens is 558 g/mol. The van der Waals surface area contributed by atoms with Crippen molar-refractivity contribution in [2.24, 2.45) is 0 Å². The van der Waals surface area contributed by atoms with Crippen molar-refractivity contribution in [1.82, 2.24) is 0 Å². The number of hydrogen-bond donors (Lipinski definition) is 0. The summed E-state index contributed by atoms with van der Waals surface area (Å²) in [5.74, 6) is 0. The molecule has 0 aliphatic carbocycles. The molecule has 0 fully saturated rings. The topological polar surface area (TPSA) is 16.4 Å². The lowest BCUT2D eigenvalue weighted by atomic mass is 9.98. The van der Waals surface area contributed by atoms with E-state index in [0.29, 0.717) is 0 Å². The van der Waals surface area contributed by atoms with Gasteiger partial charge in [0.1, 0.15) is 11.2 Å². The van der Waals surface area contributed by atoms with Crippen LogP contribution in [0.3, 0.4) is 0 Å². The highest BCUT2D eigenvalue weighted by Crippen LogP contribution is 2.48. The summed E-state index contributed by atoms with van der Waals surface area (Å²) in [6, 6.07) is 62.7. The summed E-state index contributed by atoms with van der Waals surface area (Å²) in [5.41, 5.74) is 9.78. The van der Waals surface area contributed by atoms with Gasteiger partial charge in [0.05, 0.1) is 16.8 Å². The molecular formula is C44H29NO. The van der Waals surface area contributed by atoms with Gasteiger partial charge in [-0.25, -0.2) is 0 Å². The molecule has 46 heavy (non-hydrogen) atoms. The number of furan rings is 1. The molecule has 1 aromatic heterocycles. The number of anilines is 3. The molecule has 2 heteroatoms. The first kappa shape index (κ1) is 26.3. The predicted octanol–water partition coefficient (Wildman–Crippen LogP) is 12.7. The zero-order valence-corrected chi connectivity index (χ0v) is 25.1. The minimum absolute atomic E-state index is 0.887. The van der Waals surface area contributed by atoms with Crippen molar-refractivity contribution in [2.75, 3.05) is 4.90 Å². The lowest BCUT2D eigenvalue weighted by Crippen LogP contribution is -2.11. The van der Waals surface area contributed by atoms with Gasteiger partial charge in [-0.3, -0.25) is 0 Å². The Kier molecular flexibility index (Phi) is 6.17. The van der Waals surface area contributed by atoms with E-state index in [2.05, 4.69) is 175 Å². The van der Waals surface area contributed by atoms with Gasteiger partial charge in [-0.05, 0) is 69.2 Å². The molecule has 0 unspecified atom stereocenters. The largest absolute Gasteiger partial charge is 0.455 e. The van der Waals surface area contributed by atoms with Crippen LogP contribution in [0.5, 0.6) is 0 Å². The third-order valence-corrected chi connectivity index (χ3v) is 9.03. The van der Waals surface area contributed by atoms with E-state index in [4.69, 9.17) is 4.42 Å². The fraction of sp³-hybridized carbons (Fsp3) is 0. The third kappa shape index (κ3) is 4.35. The van der Waals surface area contributed by atoms with Crippen LogP contribution < -0.4 is 4.90 Å². The van der Waals surface area contributed by atoms with Crippen molar-refractivity contribution in [3.05, 3.63) is 176 Å². The Morgan fingerprint density at radius 3 is 1.89 bits per heavy atom. The van der Waals surface area contributed by atoms with Gasteiger partial charge in [-0.15, -0.1) is 0 Å². The number of rotatable bonds is 5. The first-order chi connectivity index (χ1) is 22.8. The molecule has 9 rings (SSSR count). The Balaban J connectivity index is 1.31. The Bertz CT molecular complexity index is 2530. The summed E-state index contributed by atoms with van der Waals surface area (Å²) in [5, 5.41) is 6.95. The molecule has 9 aromatic rings. The summed E-state index contributed by atoms with van der Waals surface area (Å²) in [4.78, 5) is 2.41. The molecule has 0 saturated heterocycles. The molecule has 216 valence electrons. The molecule has 0 saturated carbocycles. The Morgan fingerprint density at radius 2 is 1.04 bits per heavy atom. The Morgan fingerprint density at radius 1 is 0.391 bits per heavy atom. The summed E-state index contributed by atoms with van der Waals surface area (Å²) >= 11 is 0. The van der Waals surface area contributed by atoms with Gasteiger partial charge in [-0.1, -0.05) is 140 Å². The zero-order chi connectivity index (χ0) is 30.5. The molecule has 0 bridgehead atoms. The van der Waals surface area contributed by atoms with Crippen molar-refractivity contribution in [1.29, 1.82) is 0 Å². The number of benzene rings is 8. The highest BCUT2D eigenvalue weighted by atomic mass is 16.3. The summed E-state index contributed by atoms with van der Waals surface area (Å²) in [6.07, 6.45) is 0. The number of nitrogens with zero attached hydrogens (tertiary/aromatic N) is 1. The minimum Gasteiger partial charge on any atom is -0.455 e. The molecule has 0 aliphatic rings. The van der Waals surface area contributed by atoms with Crippen LogP contribution in [-0.2, 0) is 0 Å². The lowest BCUT2D eigenvalue weighted by Gasteiger charge is -2.29. The smallest absolute Gasteiger partial charge is 0.145 e. The second-order valence-electron chi connectivity index (χ2n) is 11.7. The summed E-state index contributed by atoms with van der Waals surface area (Å²) < 4.78 is 6.63. The van der Waals surface area contributed by atoms with Gasteiger partial charge in [0.2, 0.25) is 0 Å². The van der Waals surface area contributed by atoms with Crippen molar-refractivity contribution >= 4 is 60.5 Å². The maximum Gasteiger partial charge on any atom is 0.145 e. The van der Waals surface area contributed by atoms with E-state index < -0.39 is 0 Å². The Labute approximate surface area is 267 Å². The van der Waals surface area contributed by atoms with Crippen LogP contribution in [0.1, 0.15) is 0 Å². The van der Waals surface area contributed by atoms with Gasteiger partial charge in [0.15, 0.2) is 0 Å². The van der Waals surface area contributed by atoms with Gasteiger partial charge in [-0.2, -0.15) is 0 Å². The molecule has 2 nitrogen and oxygen atoms in total. The van der Waals surface area contributed by atoms with Crippen LogP contribution >= 0.6 is 0 Å². The predicted molar refractivity (Wildman–Crippen MR) is 194 cm³/mol. The molecule has 0 radical (unpaired) electrons. The van der Waals surface area contributed by atoms with Crippen LogP contribution in [0, 0.1) is 0 Å². The minimum atomic E-state index is 0.887. The van der Waals surface area contributed by atoms with E-state index in [9.17, 15) is 0 Å². The highest BCUT2D eigenvalue weighted by molar-refractivity contribution is 6.22. The third-order valence-electron chi connectivity index (χ3n) is 9.03. The molecule has 0 spiro atoms. The van der Waals surface area contributed by atoms with Crippen LogP contribution in [0.4, 0.5) is 17.1 Å². The van der Waals surface area contributed by atoms with Crippen molar-refractivity contribution < 1.29 is 4.42 Å². The van der Waals surface area contributed by atoms with Crippen molar-refractivity contribution in [2.45, 2.75) is 0 Å². The molecule has 8 aromatic carbocycles. The number of para-hydroxylation sites is 2. The van der Waals surface area contributed by atoms with E-state index in [-0.39, 0.29) is 0 Å². The van der Waals surface area contributed by atoms with Crippen molar-refractivity contribution in [3.63, 3.8) is 0 Å². The van der Waals surface area contributed by atoms with Crippen LogP contribution in [0.25, 0.3) is 65.7 Å². The Hall–Kier alpha value is -6.12. The van der Waals surface area contributed by atoms with E-state index in [1.165, 1.54) is 27.5 Å². The molecule has 0 amide bonds. The monoisotopic (exact) mass is 587 g/mol. The van der Waals surface area contributed by atoms with E-state index in [0.717, 1.165) is 55.3 Å². The first-order valence-corrected chi connectivity index (χ1v) is 15.7. The van der Waals surface area contributed by atoms with Gasteiger partial charge >= 0.3 is 0 Å². The maximum absolute atomic E-state index is 6.63. The average Bonchev–Trinajstić information content (AvgIpc) is 3.53. The van der Waals surface area contributed by atoms with E-state index in [1.54, 1.807) is 0 Å². The second kappa shape index (κ2) is 10.8. The number of hydrogen-bond acceptors (Lipinski definition) is 2. The number of fused-ring (bicyclic) bond motifs is 6. The highest BCUT2D eigenvalue weighted by Gasteiger charge is 2.23. The van der Waals surface area contributed by atoms with Gasteiger partial charge in [0, 0.05) is 22.0 Å². The fourth-order valence-corrected chi connectivity index (χ4v) is 6.83. The van der Waals surface area contributed by atoms with Crippen LogP contribution in [-0.4, -0.2) is 0 Å². The molecule has 0 atom stereocenters. The zero-order valence-electron chi connectivity index (χ0n) is 25.1. The quantitative estimate of drug-likeness (QED) is 0.199. The van der Waals surface area contributed by atoms with Crippen LogP contribution in [0.2, 0.25) is 0 Å². The van der Waals surface area contributed by atoms with Gasteiger partial charge in [0.25, 0.3) is 0 Å². The first-order valence-electron chi connectivity index (χ1n) is 15.7. The molecule has 0 aliphatic heterocycles.